The maximum absolute atomic E-state index is 10.5. The number of hydrogen-bond acceptors (Lipinski definition) is 6. The molecule has 3 rings (SSSR count). The fraction of sp³-hybridized carbons (Fsp3) is 0.450. The summed E-state index contributed by atoms with van der Waals surface area (Å²) in [6, 6.07) is 10.2. The van der Waals surface area contributed by atoms with E-state index in [1.54, 1.807) is 18.4 Å². The largest absolute Gasteiger partial charge is 0.386 e. The van der Waals surface area contributed by atoms with Gasteiger partial charge in [0.2, 0.25) is 5.89 Å². The van der Waals surface area contributed by atoms with Gasteiger partial charge in [0, 0.05) is 42.1 Å². The van der Waals surface area contributed by atoms with Crippen molar-refractivity contribution in [2.75, 3.05) is 20.1 Å². The summed E-state index contributed by atoms with van der Waals surface area (Å²) < 4.78 is 6.43. The van der Waals surface area contributed by atoms with E-state index in [9.17, 15) is 5.11 Å². The van der Waals surface area contributed by atoms with Crippen LogP contribution in [0.1, 0.15) is 48.9 Å². The number of benzene rings is 1. The number of hydrogen-bond donors (Lipinski definition) is 3. The highest BCUT2D eigenvalue weighted by atomic mass is 32.1. The monoisotopic (exact) mass is 401 g/mol. The summed E-state index contributed by atoms with van der Waals surface area (Å²) in [5.74, 6) is 2.34. The topological polar surface area (TPSA) is 95.6 Å². The number of nitrogens with one attached hydrogen (secondary N) is 2. The lowest BCUT2D eigenvalue weighted by Crippen LogP contribution is -2.39. The zero-order chi connectivity index (χ0) is 19.9. The molecule has 7 nitrogen and oxygen atoms in total. The Kier molecular flexibility index (Phi) is 7.00. The van der Waals surface area contributed by atoms with Gasteiger partial charge in [-0.1, -0.05) is 37.2 Å². The highest BCUT2D eigenvalue weighted by molar-refractivity contribution is 7.19. The number of aryl methyl sites for hydroxylation is 1. The van der Waals surface area contributed by atoms with Crippen LogP contribution in [0.3, 0.4) is 0 Å². The molecule has 150 valence electrons. The average molecular weight is 402 g/mol. The standard InChI is InChI=1S/C20H27N5O2S/c1-13(2)19-24-18(27-25-19)9-6-10-22-20(21-3)23-12-15(26)17-11-14-7-4-5-8-16(14)28-17/h4-5,7-8,11,13,15,26H,6,9-10,12H2,1-3H3,(H2,21,22,23). The number of rotatable bonds is 8. The first kappa shape index (κ1) is 20.3. The number of aliphatic hydroxyl groups is 1. The predicted molar refractivity (Wildman–Crippen MR) is 113 cm³/mol. The van der Waals surface area contributed by atoms with Crippen LogP contribution >= 0.6 is 11.3 Å². The molecule has 28 heavy (non-hydrogen) atoms. The van der Waals surface area contributed by atoms with E-state index in [0.717, 1.165) is 29.1 Å². The second-order valence-corrected chi connectivity index (χ2v) is 8.00. The summed E-state index contributed by atoms with van der Waals surface area (Å²) in [7, 11) is 1.72. The molecule has 0 fully saturated rings. The summed E-state index contributed by atoms with van der Waals surface area (Å²) in [6.45, 7) is 5.20. The minimum Gasteiger partial charge on any atom is -0.386 e. The van der Waals surface area contributed by atoms with E-state index in [-0.39, 0.29) is 5.92 Å². The minimum atomic E-state index is -0.580. The van der Waals surface area contributed by atoms with Gasteiger partial charge in [0.25, 0.3) is 0 Å². The van der Waals surface area contributed by atoms with Crippen molar-refractivity contribution in [3.63, 3.8) is 0 Å². The van der Waals surface area contributed by atoms with Gasteiger partial charge < -0.3 is 20.3 Å². The van der Waals surface area contributed by atoms with Crippen molar-refractivity contribution >= 4 is 27.4 Å². The van der Waals surface area contributed by atoms with Crippen LogP contribution in [0.2, 0.25) is 0 Å². The van der Waals surface area contributed by atoms with Crippen LogP contribution in [0.25, 0.3) is 10.1 Å². The molecule has 1 unspecified atom stereocenters. The third kappa shape index (κ3) is 5.30. The first-order valence-corrected chi connectivity index (χ1v) is 10.3. The van der Waals surface area contributed by atoms with Crippen molar-refractivity contribution < 1.29 is 9.63 Å². The molecular formula is C20H27N5O2S. The Balaban J connectivity index is 1.41. The Morgan fingerprint density at radius 3 is 2.82 bits per heavy atom. The van der Waals surface area contributed by atoms with E-state index in [0.29, 0.717) is 24.8 Å². The van der Waals surface area contributed by atoms with Crippen molar-refractivity contribution in [3.05, 3.63) is 46.9 Å². The zero-order valence-electron chi connectivity index (χ0n) is 16.5. The average Bonchev–Trinajstić information content (AvgIpc) is 3.34. The van der Waals surface area contributed by atoms with Crippen LogP contribution < -0.4 is 10.6 Å². The molecule has 0 spiro atoms. The number of aliphatic hydroxyl groups excluding tert-OH is 1. The van der Waals surface area contributed by atoms with Gasteiger partial charge in [0.05, 0.1) is 0 Å². The van der Waals surface area contributed by atoms with Gasteiger partial charge in [-0.15, -0.1) is 11.3 Å². The number of guanidine groups is 1. The van der Waals surface area contributed by atoms with Crippen LogP contribution in [-0.4, -0.2) is 41.3 Å². The molecule has 0 saturated carbocycles. The highest BCUT2D eigenvalue weighted by Gasteiger charge is 2.12. The summed E-state index contributed by atoms with van der Waals surface area (Å²) in [5, 5.41) is 22.0. The lowest BCUT2D eigenvalue weighted by molar-refractivity contribution is 0.184. The molecule has 3 N–H and O–H groups in total. The zero-order valence-corrected chi connectivity index (χ0v) is 17.3. The molecule has 2 aromatic heterocycles. The van der Waals surface area contributed by atoms with Gasteiger partial charge in [0.1, 0.15) is 6.10 Å². The number of thiophene rings is 1. The van der Waals surface area contributed by atoms with Crippen molar-refractivity contribution in [1.29, 1.82) is 0 Å². The smallest absolute Gasteiger partial charge is 0.226 e. The van der Waals surface area contributed by atoms with Gasteiger partial charge in [-0.3, -0.25) is 4.99 Å². The molecule has 0 aliphatic carbocycles. The molecule has 0 radical (unpaired) electrons. The molecule has 1 aromatic carbocycles. The maximum Gasteiger partial charge on any atom is 0.226 e. The minimum absolute atomic E-state index is 0.269. The molecule has 0 bridgehead atoms. The Labute approximate surface area is 168 Å². The molecule has 3 aromatic rings. The van der Waals surface area contributed by atoms with Gasteiger partial charge in [-0.05, 0) is 23.9 Å². The van der Waals surface area contributed by atoms with Crippen LogP contribution in [0.5, 0.6) is 0 Å². The van der Waals surface area contributed by atoms with Crippen LogP contribution in [0.15, 0.2) is 39.8 Å². The van der Waals surface area contributed by atoms with Crippen molar-refractivity contribution in [2.45, 2.75) is 38.7 Å². The molecule has 0 aliphatic rings. The maximum atomic E-state index is 10.5. The Morgan fingerprint density at radius 2 is 2.11 bits per heavy atom. The van der Waals surface area contributed by atoms with Gasteiger partial charge in [-0.2, -0.15) is 4.98 Å². The number of nitrogens with zero attached hydrogens (tertiary/aromatic N) is 3. The van der Waals surface area contributed by atoms with E-state index in [2.05, 4.69) is 37.9 Å². The Morgan fingerprint density at radius 1 is 1.29 bits per heavy atom. The van der Waals surface area contributed by atoms with Gasteiger partial charge in [0.15, 0.2) is 11.8 Å². The summed E-state index contributed by atoms with van der Waals surface area (Å²) in [5.41, 5.74) is 0. The second kappa shape index (κ2) is 9.66. The SMILES string of the molecule is CN=C(NCCCc1nc(C(C)C)no1)NCC(O)c1cc2ccccc2s1. The molecule has 1 atom stereocenters. The normalized spacial score (nSPS) is 13.2. The van der Waals surface area contributed by atoms with Gasteiger partial charge in [-0.25, -0.2) is 0 Å². The fourth-order valence-electron chi connectivity index (χ4n) is 2.73. The molecular weight excluding hydrogens is 374 g/mol. The Bertz CT molecular complexity index is 885. The van der Waals surface area contributed by atoms with E-state index >= 15 is 0 Å². The van der Waals surface area contributed by atoms with Crippen LogP contribution in [0, 0.1) is 0 Å². The molecule has 8 heteroatoms. The van der Waals surface area contributed by atoms with Gasteiger partial charge >= 0.3 is 0 Å². The fourth-order valence-corrected chi connectivity index (χ4v) is 3.78. The first-order valence-electron chi connectivity index (χ1n) is 9.50. The van der Waals surface area contributed by atoms with E-state index in [1.165, 1.54) is 4.70 Å². The van der Waals surface area contributed by atoms with Crippen molar-refractivity contribution in [1.82, 2.24) is 20.8 Å². The van der Waals surface area contributed by atoms with Crippen LogP contribution in [0.4, 0.5) is 0 Å². The van der Waals surface area contributed by atoms with Crippen molar-refractivity contribution in [3.8, 4) is 0 Å². The van der Waals surface area contributed by atoms with E-state index < -0.39 is 6.10 Å². The highest BCUT2D eigenvalue weighted by Crippen LogP contribution is 2.29. The van der Waals surface area contributed by atoms with Crippen LogP contribution in [-0.2, 0) is 6.42 Å². The molecule has 2 heterocycles. The summed E-state index contributed by atoms with van der Waals surface area (Å²) >= 11 is 1.61. The first-order chi connectivity index (χ1) is 13.6. The number of fused-ring (bicyclic) bond motifs is 1. The summed E-state index contributed by atoms with van der Waals surface area (Å²) in [4.78, 5) is 9.52. The molecule has 0 saturated heterocycles. The summed E-state index contributed by atoms with van der Waals surface area (Å²) in [6.07, 6.45) is 0.983. The lowest BCUT2D eigenvalue weighted by atomic mass is 10.2. The van der Waals surface area contributed by atoms with E-state index in [1.807, 2.05) is 32.0 Å². The number of aliphatic imine (C=N–C) groups is 1. The molecule has 0 aliphatic heterocycles. The number of aromatic nitrogens is 2. The lowest BCUT2D eigenvalue weighted by Gasteiger charge is -2.14. The second-order valence-electron chi connectivity index (χ2n) is 6.89. The molecule has 0 amide bonds. The van der Waals surface area contributed by atoms with Crippen molar-refractivity contribution in [2.24, 2.45) is 4.99 Å². The quantitative estimate of drug-likeness (QED) is 0.305. The third-order valence-electron chi connectivity index (χ3n) is 4.32. The Hall–Kier alpha value is -2.45. The predicted octanol–water partition coefficient (Wildman–Crippen LogP) is 3.24. The van der Waals surface area contributed by atoms with E-state index in [4.69, 9.17) is 4.52 Å². The third-order valence-corrected chi connectivity index (χ3v) is 5.54.